The van der Waals surface area contributed by atoms with Crippen molar-refractivity contribution in [3.05, 3.63) is 98.5 Å². The number of anilines is 2. The molecule has 6 nitrogen and oxygen atoms in total. The van der Waals surface area contributed by atoms with Crippen LogP contribution in [0.25, 0.3) is 0 Å². The number of benzene rings is 3. The first-order valence-electron chi connectivity index (χ1n) is 11.1. The number of halogens is 2. The van der Waals surface area contributed by atoms with Gasteiger partial charge in [0.15, 0.2) is 0 Å². The van der Waals surface area contributed by atoms with Crippen molar-refractivity contribution in [2.24, 2.45) is 0 Å². The summed E-state index contributed by atoms with van der Waals surface area (Å²) in [7, 11) is 0. The van der Waals surface area contributed by atoms with Gasteiger partial charge in [0.2, 0.25) is 0 Å². The number of amides is 2. The average molecular weight is 541 g/mol. The standard InChI is InChI=1S/C27H22Cl2N2O4S/c1-15(2)35-27(34)17-7-11-19(12-8-17)31-25(32)23(30-22-6-4-5-21(29)16(22)3)24(26(31)33)36-20-13-9-18(28)10-14-20/h4-15,30H,1-3H3. The molecule has 0 spiro atoms. The predicted molar refractivity (Wildman–Crippen MR) is 144 cm³/mol. The normalized spacial score (nSPS) is 13.6. The molecule has 0 bridgehead atoms. The number of ether oxygens (including phenoxy) is 1. The minimum Gasteiger partial charge on any atom is -0.459 e. The lowest BCUT2D eigenvalue weighted by Crippen LogP contribution is -2.32. The van der Waals surface area contributed by atoms with E-state index in [9.17, 15) is 14.4 Å². The number of carbonyl (C=O) groups excluding carboxylic acids is 3. The van der Waals surface area contributed by atoms with Crippen LogP contribution in [0.5, 0.6) is 0 Å². The van der Waals surface area contributed by atoms with Gasteiger partial charge in [-0.1, -0.05) is 41.0 Å². The fourth-order valence-electron chi connectivity index (χ4n) is 3.48. The number of carbonyl (C=O) groups is 3. The molecule has 1 heterocycles. The third-order valence-electron chi connectivity index (χ3n) is 5.31. The Morgan fingerprint density at radius 2 is 1.61 bits per heavy atom. The molecule has 1 aliphatic heterocycles. The molecule has 184 valence electrons. The van der Waals surface area contributed by atoms with Gasteiger partial charge in [0, 0.05) is 20.6 Å². The van der Waals surface area contributed by atoms with Crippen LogP contribution in [-0.2, 0) is 14.3 Å². The minimum absolute atomic E-state index is 0.133. The number of hydrogen-bond donors (Lipinski definition) is 1. The van der Waals surface area contributed by atoms with Crippen molar-refractivity contribution in [3.63, 3.8) is 0 Å². The lowest BCUT2D eigenvalue weighted by molar-refractivity contribution is -0.120. The Hall–Kier alpha value is -3.26. The van der Waals surface area contributed by atoms with Crippen molar-refractivity contribution in [2.75, 3.05) is 10.2 Å². The van der Waals surface area contributed by atoms with E-state index >= 15 is 0 Å². The molecule has 1 N–H and O–H groups in total. The van der Waals surface area contributed by atoms with Crippen LogP contribution in [0.1, 0.15) is 29.8 Å². The predicted octanol–water partition coefficient (Wildman–Crippen LogP) is 6.86. The molecule has 0 fully saturated rings. The molecule has 3 aromatic carbocycles. The highest BCUT2D eigenvalue weighted by atomic mass is 35.5. The third kappa shape index (κ3) is 5.43. The molecule has 1 aliphatic rings. The molecule has 0 radical (unpaired) electrons. The molecule has 0 saturated carbocycles. The molecule has 0 saturated heterocycles. The number of rotatable bonds is 7. The summed E-state index contributed by atoms with van der Waals surface area (Å²) in [5.41, 5.74) is 2.15. The van der Waals surface area contributed by atoms with Gasteiger partial charge in [0.25, 0.3) is 11.8 Å². The van der Waals surface area contributed by atoms with E-state index in [1.54, 1.807) is 68.4 Å². The number of esters is 1. The van der Waals surface area contributed by atoms with Gasteiger partial charge in [0.1, 0.15) is 10.6 Å². The largest absolute Gasteiger partial charge is 0.459 e. The van der Waals surface area contributed by atoms with Crippen LogP contribution in [0.3, 0.4) is 0 Å². The van der Waals surface area contributed by atoms with Gasteiger partial charge in [-0.2, -0.15) is 0 Å². The monoisotopic (exact) mass is 540 g/mol. The summed E-state index contributed by atoms with van der Waals surface area (Å²) in [6.45, 7) is 5.34. The first kappa shape index (κ1) is 25.8. The van der Waals surface area contributed by atoms with Crippen molar-refractivity contribution < 1.29 is 19.1 Å². The van der Waals surface area contributed by atoms with Gasteiger partial charge in [-0.05, 0) is 87.0 Å². The van der Waals surface area contributed by atoms with E-state index in [2.05, 4.69) is 5.32 Å². The highest BCUT2D eigenvalue weighted by Gasteiger charge is 2.40. The lowest BCUT2D eigenvalue weighted by atomic mass is 10.2. The van der Waals surface area contributed by atoms with Gasteiger partial charge in [0.05, 0.1) is 17.4 Å². The molecule has 0 unspecified atom stereocenters. The van der Waals surface area contributed by atoms with Gasteiger partial charge >= 0.3 is 5.97 Å². The van der Waals surface area contributed by atoms with Gasteiger partial charge in [-0.25, -0.2) is 9.69 Å². The fraction of sp³-hybridized carbons (Fsp3) is 0.148. The van der Waals surface area contributed by atoms with Crippen LogP contribution in [0.15, 0.2) is 82.2 Å². The zero-order valence-electron chi connectivity index (χ0n) is 19.7. The molecule has 0 atom stereocenters. The third-order valence-corrected chi connectivity index (χ3v) is 7.06. The van der Waals surface area contributed by atoms with E-state index in [-0.39, 0.29) is 16.7 Å². The van der Waals surface area contributed by atoms with Crippen molar-refractivity contribution in [1.82, 2.24) is 0 Å². The summed E-state index contributed by atoms with van der Waals surface area (Å²) in [6, 6.07) is 18.4. The Labute approximate surface area is 223 Å². The Bertz CT molecular complexity index is 1370. The van der Waals surface area contributed by atoms with Crippen LogP contribution in [0, 0.1) is 6.92 Å². The zero-order valence-corrected chi connectivity index (χ0v) is 22.0. The first-order valence-corrected chi connectivity index (χ1v) is 12.6. The smallest absolute Gasteiger partial charge is 0.338 e. The van der Waals surface area contributed by atoms with Crippen molar-refractivity contribution >= 4 is 64.1 Å². The van der Waals surface area contributed by atoms with Crippen molar-refractivity contribution in [3.8, 4) is 0 Å². The lowest BCUT2D eigenvalue weighted by Gasteiger charge is -2.16. The Balaban J connectivity index is 1.70. The second-order valence-electron chi connectivity index (χ2n) is 8.24. The number of nitrogens with zero attached hydrogens (tertiary/aromatic N) is 1. The van der Waals surface area contributed by atoms with Gasteiger partial charge in [-0.15, -0.1) is 0 Å². The van der Waals surface area contributed by atoms with Crippen LogP contribution in [-0.4, -0.2) is 23.9 Å². The van der Waals surface area contributed by atoms with Gasteiger partial charge in [-0.3, -0.25) is 9.59 Å². The molecule has 3 aromatic rings. The number of nitrogens with one attached hydrogen (secondary N) is 1. The molecule has 0 aromatic heterocycles. The quantitative estimate of drug-likeness (QED) is 0.260. The topological polar surface area (TPSA) is 75.7 Å². The van der Waals surface area contributed by atoms with E-state index in [1.807, 2.05) is 6.92 Å². The summed E-state index contributed by atoms with van der Waals surface area (Å²) in [5.74, 6) is -1.49. The average Bonchev–Trinajstić information content (AvgIpc) is 3.07. The molecule has 2 amide bonds. The SMILES string of the molecule is Cc1c(Cl)cccc1NC1=C(Sc2ccc(Cl)cc2)C(=O)N(c2ccc(C(=O)OC(C)C)cc2)C1=O. The van der Waals surface area contributed by atoms with Crippen LogP contribution in [0.4, 0.5) is 11.4 Å². The molecule has 0 aliphatic carbocycles. The molecule has 9 heteroatoms. The molecule has 4 rings (SSSR count). The highest BCUT2D eigenvalue weighted by molar-refractivity contribution is 8.04. The van der Waals surface area contributed by atoms with Crippen LogP contribution in [0.2, 0.25) is 10.0 Å². The van der Waals surface area contributed by atoms with Crippen molar-refractivity contribution in [2.45, 2.75) is 31.8 Å². The van der Waals surface area contributed by atoms with E-state index < -0.39 is 17.8 Å². The van der Waals surface area contributed by atoms with E-state index in [0.717, 1.165) is 27.1 Å². The number of imide groups is 1. The molecular weight excluding hydrogens is 519 g/mol. The van der Waals surface area contributed by atoms with E-state index in [4.69, 9.17) is 27.9 Å². The fourth-order valence-corrected chi connectivity index (χ4v) is 4.70. The zero-order chi connectivity index (χ0) is 26.0. The van der Waals surface area contributed by atoms with E-state index in [1.165, 1.54) is 12.1 Å². The maximum absolute atomic E-state index is 13.6. The highest BCUT2D eigenvalue weighted by Crippen LogP contribution is 2.39. The summed E-state index contributed by atoms with van der Waals surface area (Å²) >= 11 is 13.4. The number of thioether (sulfide) groups is 1. The maximum atomic E-state index is 13.6. The Morgan fingerprint density at radius 3 is 2.25 bits per heavy atom. The summed E-state index contributed by atoms with van der Waals surface area (Å²) in [5, 5.41) is 4.22. The second kappa shape index (κ2) is 10.8. The first-order chi connectivity index (χ1) is 17.2. The Morgan fingerprint density at radius 1 is 0.944 bits per heavy atom. The van der Waals surface area contributed by atoms with E-state index in [0.29, 0.717) is 27.0 Å². The van der Waals surface area contributed by atoms with Crippen molar-refractivity contribution in [1.29, 1.82) is 0 Å². The summed E-state index contributed by atoms with van der Waals surface area (Å²) < 4.78 is 5.21. The maximum Gasteiger partial charge on any atom is 0.338 e. The van der Waals surface area contributed by atoms with Crippen LogP contribution >= 0.6 is 35.0 Å². The Kier molecular flexibility index (Phi) is 7.73. The summed E-state index contributed by atoms with van der Waals surface area (Å²) in [6.07, 6.45) is -0.265. The summed E-state index contributed by atoms with van der Waals surface area (Å²) in [4.78, 5) is 41.4. The molecular formula is C27H22Cl2N2O4S. The van der Waals surface area contributed by atoms with Crippen LogP contribution < -0.4 is 10.2 Å². The second-order valence-corrected chi connectivity index (χ2v) is 10.2. The number of hydrogen-bond acceptors (Lipinski definition) is 6. The van der Waals surface area contributed by atoms with Gasteiger partial charge < -0.3 is 10.1 Å². The minimum atomic E-state index is -0.520. The molecule has 36 heavy (non-hydrogen) atoms.